The van der Waals surface area contributed by atoms with E-state index in [1.54, 1.807) is 0 Å². The van der Waals surface area contributed by atoms with E-state index in [2.05, 4.69) is 0 Å². The Morgan fingerprint density at radius 1 is 1.41 bits per heavy atom. The molecule has 1 aromatic rings. The molecule has 1 aliphatic rings. The normalized spacial score (nSPS) is 20.2. The molecule has 0 amide bonds. The fourth-order valence-corrected chi connectivity index (χ4v) is 2.01. The summed E-state index contributed by atoms with van der Waals surface area (Å²) in [4.78, 5) is 11.9. The van der Waals surface area contributed by atoms with Crippen molar-refractivity contribution in [3.8, 4) is 0 Å². The SMILES string of the molecule is O=C(Cc1cccc(F)c1F)C1CCCOC1. The van der Waals surface area contributed by atoms with E-state index >= 15 is 0 Å². The van der Waals surface area contributed by atoms with Gasteiger partial charge in [0.05, 0.1) is 6.61 Å². The van der Waals surface area contributed by atoms with Gasteiger partial charge in [0, 0.05) is 18.9 Å². The summed E-state index contributed by atoms with van der Waals surface area (Å²) in [6.07, 6.45) is 1.56. The Morgan fingerprint density at radius 3 is 2.94 bits per heavy atom. The molecule has 1 aromatic carbocycles. The predicted octanol–water partition coefficient (Wildman–Crippen LogP) is 2.50. The van der Waals surface area contributed by atoms with Gasteiger partial charge in [0.15, 0.2) is 11.6 Å². The lowest BCUT2D eigenvalue weighted by atomic mass is 9.93. The van der Waals surface area contributed by atoms with Gasteiger partial charge in [0.1, 0.15) is 5.78 Å². The lowest BCUT2D eigenvalue weighted by Crippen LogP contribution is -2.26. The number of ketones is 1. The maximum Gasteiger partial charge on any atom is 0.162 e. The Kier molecular flexibility index (Phi) is 3.84. The fraction of sp³-hybridized carbons (Fsp3) is 0.462. The van der Waals surface area contributed by atoms with Gasteiger partial charge in [-0.15, -0.1) is 0 Å². The molecule has 2 nitrogen and oxygen atoms in total. The Bertz CT molecular complexity index is 412. The van der Waals surface area contributed by atoms with Crippen LogP contribution in [0.4, 0.5) is 8.78 Å². The van der Waals surface area contributed by atoms with Crippen LogP contribution >= 0.6 is 0 Å². The summed E-state index contributed by atoms with van der Waals surface area (Å²) >= 11 is 0. The number of Topliss-reactive ketones (excluding diaryl/α,β-unsaturated/α-hetero) is 1. The highest BCUT2D eigenvalue weighted by atomic mass is 19.2. The first-order valence-corrected chi connectivity index (χ1v) is 5.72. The second-order valence-corrected chi connectivity index (χ2v) is 4.27. The molecule has 1 fully saturated rings. The quantitative estimate of drug-likeness (QED) is 0.811. The van der Waals surface area contributed by atoms with E-state index < -0.39 is 11.6 Å². The Labute approximate surface area is 98.6 Å². The van der Waals surface area contributed by atoms with E-state index in [0.29, 0.717) is 13.2 Å². The molecule has 2 rings (SSSR count). The molecule has 0 aliphatic carbocycles. The molecule has 1 heterocycles. The van der Waals surface area contributed by atoms with E-state index in [1.807, 2.05) is 0 Å². The maximum atomic E-state index is 13.4. The van der Waals surface area contributed by atoms with Gasteiger partial charge in [-0.2, -0.15) is 0 Å². The van der Waals surface area contributed by atoms with Crippen LogP contribution < -0.4 is 0 Å². The Hall–Kier alpha value is -1.29. The molecule has 1 atom stereocenters. The van der Waals surface area contributed by atoms with Gasteiger partial charge in [-0.05, 0) is 24.5 Å². The van der Waals surface area contributed by atoms with Gasteiger partial charge in [0.25, 0.3) is 0 Å². The summed E-state index contributed by atoms with van der Waals surface area (Å²) in [7, 11) is 0. The highest BCUT2D eigenvalue weighted by Crippen LogP contribution is 2.19. The number of hydrogen-bond donors (Lipinski definition) is 0. The number of hydrogen-bond acceptors (Lipinski definition) is 2. The van der Waals surface area contributed by atoms with Crippen LogP contribution in [-0.4, -0.2) is 19.0 Å². The van der Waals surface area contributed by atoms with Crippen molar-refractivity contribution in [1.82, 2.24) is 0 Å². The zero-order chi connectivity index (χ0) is 12.3. The topological polar surface area (TPSA) is 26.3 Å². The zero-order valence-corrected chi connectivity index (χ0v) is 9.42. The minimum Gasteiger partial charge on any atom is -0.381 e. The zero-order valence-electron chi connectivity index (χ0n) is 9.42. The van der Waals surface area contributed by atoms with Crippen LogP contribution in [0, 0.1) is 17.6 Å². The second-order valence-electron chi connectivity index (χ2n) is 4.27. The molecule has 92 valence electrons. The van der Waals surface area contributed by atoms with E-state index in [0.717, 1.165) is 18.9 Å². The number of carbonyl (C=O) groups is 1. The second kappa shape index (κ2) is 5.36. The number of carbonyl (C=O) groups excluding carboxylic acids is 1. The standard InChI is InChI=1S/C13H14F2O2/c14-11-5-1-3-9(13(11)15)7-12(16)10-4-2-6-17-8-10/h1,3,5,10H,2,4,6-8H2. The average Bonchev–Trinajstić information content (AvgIpc) is 2.36. The van der Waals surface area contributed by atoms with E-state index in [-0.39, 0.29) is 23.7 Å². The van der Waals surface area contributed by atoms with Crippen LogP contribution in [0.15, 0.2) is 18.2 Å². The van der Waals surface area contributed by atoms with Crippen LogP contribution in [0.3, 0.4) is 0 Å². The minimum absolute atomic E-state index is 0.0579. The first kappa shape index (κ1) is 12.2. The lowest BCUT2D eigenvalue weighted by molar-refractivity contribution is -0.126. The van der Waals surface area contributed by atoms with Crippen LogP contribution in [0.5, 0.6) is 0 Å². The average molecular weight is 240 g/mol. The van der Waals surface area contributed by atoms with Crippen LogP contribution in [0.2, 0.25) is 0 Å². The van der Waals surface area contributed by atoms with E-state index in [1.165, 1.54) is 12.1 Å². The molecular formula is C13H14F2O2. The molecule has 1 saturated heterocycles. The monoisotopic (exact) mass is 240 g/mol. The molecular weight excluding hydrogens is 226 g/mol. The van der Waals surface area contributed by atoms with Crippen molar-refractivity contribution in [3.05, 3.63) is 35.4 Å². The molecule has 0 saturated carbocycles. The number of ether oxygens (including phenoxy) is 1. The highest BCUT2D eigenvalue weighted by Gasteiger charge is 2.23. The summed E-state index contributed by atoms with van der Waals surface area (Å²) in [6, 6.07) is 3.91. The third kappa shape index (κ3) is 2.88. The Morgan fingerprint density at radius 2 is 2.24 bits per heavy atom. The maximum absolute atomic E-state index is 13.4. The molecule has 17 heavy (non-hydrogen) atoms. The number of benzene rings is 1. The molecule has 0 aromatic heterocycles. The van der Waals surface area contributed by atoms with E-state index in [4.69, 9.17) is 4.74 Å². The number of halogens is 2. The third-order valence-corrected chi connectivity index (χ3v) is 3.01. The van der Waals surface area contributed by atoms with Gasteiger partial charge >= 0.3 is 0 Å². The largest absolute Gasteiger partial charge is 0.381 e. The Balaban J connectivity index is 2.04. The summed E-state index contributed by atoms with van der Waals surface area (Å²) in [5, 5.41) is 0. The third-order valence-electron chi connectivity index (χ3n) is 3.01. The first-order chi connectivity index (χ1) is 8.18. The van der Waals surface area contributed by atoms with Gasteiger partial charge in [-0.1, -0.05) is 12.1 Å². The van der Waals surface area contributed by atoms with Crippen molar-refractivity contribution in [3.63, 3.8) is 0 Å². The highest BCUT2D eigenvalue weighted by molar-refractivity contribution is 5.83. The van der Waals surface area contributed by atoms with Gasteiger partial charge in [-0.3, -0.25) is 4.79 Å². The van der Waals surface area contributed by atoms with Crippen LogP contribution in [0.1, 0.15) is 18.4 Å². The van der Waals surface area contributed by atoms with Crippen molar-refractivity contribution in [2.75, 3.05) is 13.2 Å². The minimum atomic E-state index is -0.919. The molecule has 1 aliphatic heterocycles. The molecule has 0 bridgehead atoms. The summed E-state index contributed by atoms with van der Waals surface area (Å²) in [5.74, 6) is -2.08. The predicted molar refractivity (Wildman–Crippen MR) is 58.6 cm³/mol. The van der Waals surface area contributed by atoms with Gasteiger partial charge in [0.2, 0.25) is 0 Å². The molecule has 0 radical (unpaired) electrons. The molecule has 4 heteroatoms. The summed E-state index contributed by atoms with van der Waals surface area (Å²) in [5.41, 5.74) is 0.126. The van der Waals surface area contributed by atoms with Crippen molar-refractivity contribution >= 4 is 5.78 Å². The molecule has 0 N–H and O–H groups in total. The van der Waals surface area contributed by atoms with Crippen LogP contribution in [0.25, 0.3) is 0 Å². The van der Waals surface area contributed by atoms with Gasteiger partial charge in [-0.25, -0.2) is 8.78 Å². The lowest BCUT2D eigenvalue weighted by Gasteiger charge is -2.20. The smallest absolute Gasteiger partial charge is 0.162 e. The number of rotatable bonds is 3. The summed E-state index contributed by atoms with van der Waals surface area (Å²) < 4.78 is 31.5. The first-order valence-electron chi connectivity index (χ1n) is 5.72. The summed E-state index contributed by atoms with van der Waals surface area (Å²) in [6.45, 7) is 1.08. The van der Waals surface area contributed by atoms with Crippen molar-refractivity contribution in [1.29, 1.82) is 0 Å². The molecule has 1 unspecified atom stereocenters. The fourth-order valence-electron chi connectivity index (χ4n) is 2.01. The van der Waals surface area contributed by atoms with E-state index in [9.17, 15) is 13.6 Å². The van der Waals surface area contributed by atoms with Crippen LogP contribution in [-0.2, 0) is 16.0 Å². The van der Waals surface area contributed by atoms with Crippen molar-refractivity contribution < 1.29 is 18.3 Å². The van der Waals surface area contributed by atoms with Gasteiger partial charge < -0.3 is 4.74 Å². The van der Waals surface area contributed by atoms with Crippen molar-refractivity contribution in [2.45, 2.75) is 19.3 Å². The molecule has 0 spiro atoms. The van der Waals surface area contributed by atoms with Crippen molar-refractivity contribution in [2.24, 2.45) is 5.92 Å².